The van der Waals surface area contributed by atoms with Gasteiger partial charge >= 0.3 is 0 Å². The molecule has 5 aromatic carbocycles. The summed E-state index contributed by atoms with van der Waals surface area (Å²) in [5.41, 5.74) is 2.13. The molecule has 0 unspecified atom stereocenters. The summed E-state index contributed by atoms with van der Waals surface area (Å²) >= 11 is 0. The van der Waals surface area contributed by atoms with E-state index in [0.717, 1.165) is 11.0 Å². The topological polar surface area (TPSA) is 12.9 Å². The molecule has 1 aromatic heterocycles. The summed E-state index contributed by atoms with van der Waals surface area (Å²) in [5.74, 6) is 0. The lowest BCUT2D eigenvalue weighted by atomic mass is 9.98. The summed E-state index contributed by atoms with van der Waals surface area (Å²) in [5, 5.41) is 9.97. The first-order chi connectivity index (χ1) is 12.9. The third kappa shape index (κ3) is 1.83. The Morgan fingerprint density at radius 3 is 1.85 bits per heavy atom. The van der Waals surface area contributed by atoms with Crippen LogP contribution >= 0.6 is 0 Å². The van der Waals surface area contributed by atoms with Crippen molar-refractivity contribution in [1.29, 1.82) is 0 Å². The Morgan fingerprint density at radius 2 is 1.04 bits per heavy atom. The first-order valence-electron chi connectivity index (χ1n) is 8.91. The molecule has 0 N–H and O–H groups in total. The van der Waals surface area contributed by atoms with Gasteiger partial charge < -0.3 is 0 Å². The molecule has 26 heavy (non-hydrogen) atoms. The molecular formula is C25H15N. The molecule has 1 heteroatoms. The fraction of sp³-hybridized carbons (Fsp3) is 0. The molecule has 120 valence electrons. The van der Waals surface area contributed by atoms with Gasteiger partial charge in [-0.3, -0.25) is 0 Å². The Hall–Kier alpha value is -3.45. The summed E-state index contributed by atoms with van der Waals surface area (Å²) in [6.07, 6.45) is 0. The van der Waals surface area contributed by atoms with E-state index in [1.165, 1.54) is 43.1 Å². The van der Waals surface area contributed by atoms with Crippen LogP contribution in [0.15, 0.2) is 91.0 Å². The highest BCUT2D eigenvalue weighted by Crippen LogP contribution is 2.33. The zero-order chi connectivity index (χ0) is 17.1. The van der Waals surface area contributed by atoms with E-state index in [1.807, 2.05) is 0 Å². The predicted molar refractivity (Wildman–Crippen MR) is 112 cm³/mol. The Kier molecular flexibility index (Phi) is 2.67. The van der Waals surface area contributed by atoms with Crippen molar-refractivity contribution in [3.8, 4) is 0 Å². The van der Waals surface area contributed by atoms with Gasteiger partial charge in [0.25, 0.3) is 0 Å². The standard InChI is InChI=1S/C25H15N/c1-3-7-19-16(5-1)9-13-22-21(19)12-10-18-15-23-20-8-4-2-6-17(20)11-14-24(23)26-25(18)22/h1-15H. The maximum Gasteiger partial charge on any atom is 0.0788 e. The number of pyridine rings is 1. The van der Waals surface area contributed by atoms with Crippen molar-refractivity contribution < 1.29 is 0 Å². The van der Waals surface area contributed by atoms with E-state index in [2.05, 4.69) is 91.0 Å². The second kappa shape index (κ2) is 5.03. The number of hydrogen-bond acceptors (Lipinski definition) is 1. The van der Waals surface area contributed by atoms with Crippen molar-refractivity contribution in [1.82, 2.24) is 4.98 Å². The van der Waals surface area contributed by atoms with Gasteiger partial charge in [0.15, 0.2) is 0 Å². The molecule has 0 radical (unpaired) electrons. The van der Waals surface area contributed by atoms with Crippen molar-refractivity contribution in [2.75, 3.05) is 0 Å². The molecule has 0 atom stereocenters. The van der Waals surface area contributed by atoms with Gasteiger partial charge in [-0.2, -0.15) is 0 Å². The first-order valence-corrected chi connectivity index (χ1v) is 8.91. The van der Waals surface area contributed by atoms with E-state index in [4.69, 9.17) is 4.98 Å². The van der Waals surface area contributed by atoms with Gasteiger partial charge in [0.05, 0.1) is 11.0 Å². The minimum Gasteiger partial charge on any atom is -0.247 e. The zero-order valence-electron chi connectivity index (χ0n) is 14.1. The van der Waals surface area contributed by atoms with Crippen molar-refractivity contribution in [3.05, 3.63) is 91.0 Å². The molecule has 0 amide bonds. The first kappa shape index (κ1) is 13.8. The normalized spacial score (nSPS) is 11.8. The molecule has 0 bridgehead atoms. The zero-order valence-corrected chi connectivity index (χ0v) is 14.1. The Balaban J connectivity index is 1.81. The predicted octanol–water partition coefficient (Wildman–Crippen LogP) is 6.85. The van der Waals surface area contributed by atoms with Crippen molar-refractivity contribution >= 4 is 54.1 Å². The van der Waals surface area contributed by atoms with Gasteiger partial charge in [0, 0.05) is 16.2 Å². The molecule has 0 aliphatic carbocycles. The quantitative estimate of drug-likeness (QED) is 0.219. The van der Waals surface area contributed by atoms with Crippen LogP contribution in [0.1, 0.15) is 0 Å². The van der Waals surface area contributed by atoms with Crippen LogP contribution in [-0.2, 0) is 0 Å². The summed E-state index contributed by atoms with van der Waals surface area (Å²) < 4.78 is 0. The Morgan fingerprint density at radius 1 is 0.423 bits per heavy atom. The van der Waals surface area contributed by atoms with Crippen LogP contribution in [0, 0.1) is 0 Å². The SMILES string of the molecule is c1ccc2c(c1)ccc1nc3c(ccc4c5ccccc5ccc43)cc12. The van der Waals surface area contributed by atoms with Crippen LogP contribution in [0.2, 0.25) is 0 Å². The molecule has 0 fully saturated rings. The van der Waals surface area contributed by atoms with Gasteiger partial charge in [-0.25, -0.2) is 4.98 Å². The van der Waals surface area contributed by atoms with Crippen LogP contribution < -0.4 is 0 Å². The van der Waals surface area contributed by atoms with Crippen LogP contribution in [0.25, 0.3) is 54.1 Å². The number of nitrogens with zero attached hydrogens (tertiary/aromatic N) is 1. The van der Waals surface area contributed by atoms with Gasteiger partial charge in [-0.05, 0) is 39.1 Å². The molecule has 0 aliphatic rings. The maximum absolute atomic E-state index is 5.06. The lowest BCUT2D eigenvalue weighted by Crippen LogP contribution is -1.87. The molecule has 1 nitrogen and oxygen atoms in total. The average molecular weight is 329 g/mol. The highest BCUT2D eigenvalue weighted by molar-refractivity contribution is 6.18. The molecule has 0 saturated heterocycles. The molecule has 0 spiro atoms. The smallest absolute Gasteiger partial charge is 0.0788 e. The maximum atomic E-state index is 5.06. The number of fused-ring (bicyclic) bond motifs is 8. The largest absolute Gasteiger partial charge is 0.247 e. The monoisotopic (exact) mass is 329 g/mol. The van der Waals surface area contributed by atoms with Gasteiger partial charge in [-0.15, -0.1) is 0 Å². The number of aromatic nitrogens is 1. The van der Waals surface area contributed by atoms with Crippen molar-refractivity contribution in [2.24, 2.45) is 0 Å². The lowest BCUT2D eigenvalue weighted by molar-refractivity contribution is 1.53. The molecule has 0 aliphatic heterocycles. The van der Waals surface area contributed by atoms with E-state index in [1.54, 1.807) is 0 Å². The highest BCUT2D eigenvalue weighted by Gasteiger charge is 2.08. The van der Waals surface area contributed by atoms with E-state index < -0.39 is 0 Å². The van der Waals surface area contributed by atoms with Gasteiger partial charge in [0.1, 0.15) is 0 Å². The molecule has 1 heterocycles. The van der Waals surface area contributed by atoms with Crippen LogP contribution in [0.4, 0.5) is 0 Å². The number of rotatable bonds is 0. The third-order valence-electron chi connectivity index (χ3n) is 5.41. The summed E-state index contributed by atoms with van der Waals surface area (Å²) in [7, 11) is 0. The second-order valence-corrected chi connectivity index (χ2v) is 6.86. The van der Waals surface area contributed by atoms with Crippen molar-refractivity contribution in [2.45, 2.75) is 0 Å². The second-order valence-electron chi connectivity index (χ2n) is 6.86. The molecule has 0 saturated carbocycles. The van der Waals surface area contributed by atoms with Gasteiger partial charge in [0.2, 0.25) is 0 Å². The average Bonchev–Trinajstić information content (AvgIpc) is 2.72. The minimum atomic E-state index is 1.05. The number of benzene rings is 5. The summed E-state index contributed by atoms with van der Waals surface area (Å²) in [4.78, 5) is 5.06. The lowest BCUT2D eigenvalue weighted by Gasteiger charge is -2.09. The fourth-order valence-corrected chi connectivity index (χ4v) is 4.14. The van der Waals surface area contributed by atoms with Gasteiger partial charge in [-0.1, -0.05) is 78.9 Å². The summed E-state index contributed by atoms with van der Waals surface area (Å²) in [6.45, 7) is 0. The minimum absolute atomic E-state index is 1.05. The van der Waals surface area contributed by atoms with Crippen LogP contribution in [0.5, 0.6) is 0 Å². The van der Waals surface area contributed by atoms with E-state index in [9.17, 15) is 0 Å². The van der Waals surface area contributed by atoms with E-state index >= 15 is 0 Å². The summed E-state index contributed by atoms with van der Waals surface area (Å²) in [6, 6.07) is 32.5. The molecule has 6 rings (SSSR count). The Labute approximate surface area is 150 Å². The molecular weight excluding hydrogens is 314 g/mol. The van der Waals surface area contributed by atoms with Crippen molar-refractivity contribution in [3.63, 3.8) is 0 Å². The third-order valence-corrected chi connectivity index (χ3v) is 5.41. The molecule has 6 aromatic rings. The highest BCUT2D eigenvalue weighted by atomic mass is 14.7. The number of hydrogen-bond donors (Lipinski definition) is 0. The van der Waals surface area contributed by atoms with Crippen LogP contribution in [0.3, 0.4) is 0 Å². The van der Waals surface area contributed by atoms with Crippen LogP contribution in [-0.4, -0.2) is 4.98 Å². The Bertz CT molecular complexity index is 1440. The van der Waals surface area contributed by atoms with E-state index in [-0.39, 0.29) is 0 Å². The van der Waals surface area contributed by atoms with E-state index in [0.29, 0.717) is 0 Å². The fourth-order valence-electron chi connectivity index (χ4n) is 4.14.